The Hall–Kier alpha value is -1.84. The summed E-state index contributed by atoms with van der Waals surface area (Å²) in [5, 5.41) is 16.1. The highest BCUT2D eigenvalue weighted by atomic mass is 127. The Morgan fingerprint density at radius 1 is 1.09 bits per heavy atom. The van der Waals surface area contributed by atoms with E-state index in [0.29, 0.717) is 19.8 Å². The smallest absolute Gasteiger partial charge is 0.191 e. The van der Waals surface area contributed by atoms with Gasteiger partial charge in [0.15, 0.2) is 5.96 Å². The first-order valence-corrected chi connectivity index (χ1v) is 11.2. The molecule has 0 radical (unpaired) electrons. The molecule has 3 N–H and O–H groups in total. The molecule has 176 valence electrons. The van der Waals surface area contributed by atoms with Crippen LogP contribution in [0.25, 0.3) is 0 Å². The summed E-state index contributed by atoms with van der Waals surface area (Å²) in [6, 6.07) is 18.4. The minimum absolute atomic E-state index is 0. The second-order valence-corrected chi connectivity index (χ2v) is 8.07. The number of rotatable bonds is 11. The van der Waals surface area contributed by atoms with E-state index in [0.717, 1.165) is 56.2 Å². The highest BCUT2D eigenvalue weighted by Crippen LogP contribution is 2.32. The Kier molecular flexibility index (Phi) is 11.8. The van der Waals surface area contributed by atoms with Gasteiger partial charge in [0.1, 0.15) is 12.4 Å². The third kappa shape index (κ3) is 8.60. The molecule has 7 heteroatoms. The van der Waals surface area contributed by atoms with E-state index in [1.807, 2.05) is 30.3 Å². The van der Waals surface area contributed by atoms with Gasteiger partial charge in [-0.05, 0) is 49.4 Å². The molecule has 3 rings (SSSR count). The van der Waals surface area contributed by atoms with Crippen LogP contribution in [-0.2, 0) is 17.8 Å². The van der Waals surface area contributed by atoms with Gasteiger partial charge in [0, 0.05) is 31.7 Å². The van der Waals surface area contributed by atoms with Crippen molar-refractivity contribution in [3.8, 4) is 5.75 Å². The molecule has 0 bridgehead atoms. The summed E-state index contributed by atoms with van der Waals surface area (Å²) in [4.78, 5) is 4.77. The Bertz CT molecular complexity index is 794. The van der Waals surface area contributed by atoms with E-state index in [-0.39, 0.29) is 36.0 Å². The Morgan fingerprint density at radius 2 is 1.88 bits per heavy atom. The van der Waals surface area contributed by atoms with E-state index in [2.05, 4.69) is 41.8 Å². The molecule has 2 aromatic carbocycles. The van der Waals surface area contributed by atoms with Gasteiger partial charge in [0.25, 0.3) is 0 Å². The molecule has 1 unspecified atom stereocenters. The Balaban J connectivity index is 0.00000363. The molecule has 1 aliphatic rings. The fourth-order valence-electron chi connectivity index (χ4n) is 3.69. The fraction of sp³-hybridized carbons (Fsp3) is 0.480. The molecular weight excluding hydrogens is 517 g/mol. The van der Waals surface area contributed by atoms with Crippen molar-refractivity contribution >= 4 is 29.9 Å². The van der Waals surface area contributed by atoms with Crippen molar-refractivity contribution in [2.24, 2.45) is 10.4 Å². The lowest BCUT2D eigenvalue weighted by atomic mass is 9.84. The van der Waals surface area contributed by atoms with Crippen LogP contribution in [0.2, 0.25) is 0 Å². The average Bonchev–Trinajstić information content (AvgIpc) is 3.26. The number of nitrogens with one attached hydrogen (secondary N) is 2. The van der Waals surface area contributed by atoms with Gasteiger partial charge >= 0.3 is 0 Å². The first-order chi connectivity index (χ1) is 15.2. The van der Waals surface area contributed by atoms with Gasteiger partial charge in [-0.15, -0.1) is 24.0 Å². The number of guanidine groups is 1. The van der Waals surface area contributed by atoms with Crippen LogP contribution in [0.15, 0.2) is 59.6 Å². The number of aliphatic hydroxyl groups excluding tert-OH is 1. The molecule has 6 nitrogen and oxygen atoms in total. The van der Waals surface area contributed by atoms with Crippen molar-refractivity contribution < 1.29 is 14.6 Å². The summed E-state index contributed by atoms with van der Waals surface area (Å²) < 4.78 is 11.4. The van der Waals surface area contributed by atoms with Crippen LogP contribution < -0.4 is 15.4 Å². The minimum atomic E-state index is -0.0350. The highest BCUT2D eigenvalue weighted by molar-refractivity contribution is 14.0. The van der Waals surface area contributed by atoms with Gasteiger partial charge in [0.05, 0.1) is 13.2 Å². The maximum Gasteiger partial charge on any atom is 0.191 e. The Morgan fingerprint density at radius 3 is 2.53 bits per heavy atom. The van der Waals surface area contributed by atoms with Crippen LogP contribution >= 0.6 is 24.0 Å². The van der Waals surface area contributed by atoms with Gasteiger partial charge < -0.3 is 25.2 Å². The molecule has 1 fully saturated rings. The van der Waals surface area contributed by atoms with Crippen LogP contribution in [-0.4, -0.2) is 50.5 Å². The zero-order chi connectivity index (χ0) is 21.8. The van der Waals surface area contributed by atoms with Gasteiger partial charge in [-0.25, -0.2) is 0 Å². The normalized spacial score (nSPS) is 18.1. The number of aliphatic imine (C=N–C) groups is 1. The van der Waals surface area contributed by atoms with E-state index in [4.69, 9.17) is 14.5 Å². The van der Waals surface area contributed by atoms with Crippen molar-refractivity contribution in [3.63, 3.8) is 0 Å². The first kappa shape index (κ1) is 26.4. The van der Waals surface area contributed by atoms with Gasteiger partial charge in [0.2, 0.25) is 0 Å². The summed E-state index contributed by atoms with van der Waals surface area (Å²) in [7, 11) is 0. The standard InChI is InChI=1S/C25H35N3O3.HI/c1-2-26-24(28-19-25(13-16-29)14-17-30-20-25)27-15-12-21-8-10-23(11-9-21)31-18-22-6-4-3-5-7-22;/h3-11,29H,2,12-20H2,1H3,(H2,26,27,28);1H. The Labute approximate surface area is 208 Å². The lowest BCUT2D eigenvalue weighted by Crippen LogP contribution is -2.39. The summed E-state index contributed by atoms with van der Waals surface area (Å²) >= 11 is 0. The first-order valence-electron chi connectivity index (χ1n) is 11.2. The molecule has 0 saturated carbocycles. The molecule has 0 aliphatic carbocycles. The van der Waals surface area contributed by atoms with Gasteiger partial charge in [-0.1, -0.05) is 42.5 Å². The zero-order valence-corrected chi connectivity index (χ0v) is 21.2. The van der Waals surface area contributed by atoms with E-state index in [1.165, 1.54) is 5.56 Å². The molecule has 0 spiro atoms. The molecule has 2 aromatic rings. The van der Waals surface area contributed by atoms with Crippen LogP contribution in [0.1, 0.15) is 30.9 Å². The molecule has 0 amide bonds. The van der Waals surface area contributed by atoms with Crippen LogP contribution in [0.5, 0.6) is 5.75 Å². The largest absolute Gasteiger partial charge is 0.489 e. The second-order valence-electron chi connectivity index (χ2n) is 8.07. The zero-order valence-electron chi connectivity index (χ0n) is 18.9. The van der Waals surface area contributed by atoms with Crippen molar-refractivity contribution in [1.29, 1.82) is 0 Å². The van der Waals surface area contributed by atoms with Gasteiger partial charge in [-0.2, -0.15) is 0 Å². The van der Waals surface area contributed by atoms with Crippen molar-refractivity contribution in [1.82, 2.24) is 10.6 Å². The second kappa shape index (κ2) is 14.3. The number of hydrogen-bond donors (Lipinski definition) is 3. The number of nitrogens with zero attached hydrogens (tertiary/aromatic N) is 1. The lowest BCUT2D eigenvalue weighted by molar-refractivity contribution is 0.131. The monoisotopic (exact) mass is 553 g/mol. The third-order valence-electron chi connectivity index (χ3n) is 5.62. The van der Waals surface area contributed by atoms with Crippen LogP contribution in [0.4, 0.5) is 0 Å². The summed E-state index contributed by atoms with van der Waals surface area (Å²) in [5.74, 6) is 1.69. The maximum atomic E-state index is 9.39. The quantitative estimate of drug-likeness (QED) is 0.225. The van der Waals surface area contributed by atoms with E-state index < -0.39 is 0 Å². The highest BCUT2D eigenvalue weighted by Gasteiger charge is 2.34. The molecule has 1 saturated heterocycles. The fourth-order valence-corrected chi connectivity index (χ4v) is 3.69. The molecule has 0 aromatic heterocycles. The van der Waals surface area contributed by atoms with Crippen LogP contribution in [0, 0.1) is 5.41 Å². The number of aliphatic hydroxyl groups is 1. The number of ether oxygens (including phenoxy) is 2. The predicted molar refractivity (Wildman–Crippen MR) is 140 cm³/mol. The minimum Gasteiger partial charge on any atom is -0.489 e. The average molecular weight is 553 g/mol. The lowest BCUT2D eigenvalue weighted by Gasteiger charge is -2.24. The molecular formula is C25H36IN3O3. The summed E-state index contributed by atoms with van der Waals surface area (Å²) in [5.41, 5.74) is 2.37. The SMILES string of the molecule is CCNC(=NCC1(CCO)CCOC1)NCCc1ccc(OCc2ccccc2)cc1.I. The van der Waals surface area contributed by atoms with Crippen molar-refractivity contribution in [3.05, 3.63) is 65.7 Å². The summed E-state index contributed by atoms with van der Waals surface area (Å²) in [6.07, 6.45) is 2.58. The molecule has 1 aliphatic heterocycles. The van der Waals surface area contributed by atoms with E-state index in [1.54, 1.807) is 0 Å². The maximum absolute atomic E-state index is 9.39. The topological polar surface area (TPSA) is 75.1 Å². The van der Waals surface area contributed by atoms with Crippen molar-refractivity contribution in [2.75, 3.05) is 39.5 Å². The number of benzene rings is 2. The van der Waals surface area contributed by atoms with E-state index >= 15 is 0 Å². The van der Waals surface area contributed by atoms with Crippen LogP contribution in [0.3, 0.4) is 0 Å². The predicted octanol–water partition coefficient (Wildman–Crippen LogP) is 3.77. The number of halogens is 1. The van der Waals surface area contributed by atoms with E-state index in [9.17, 15) is 5.11 Å². The molecule has 32 heavy (non-hydrogen) atoms. The third-order valence-corrected chi connectivity index (χ3v) is 5.62. The van der Waals surface area contributed by atoms with Gasteiger partial charge in [-0.3, -0.25) is 4.99 Å². The molecule has 1 atom stereocenters. The number of hydrogen-bond acceptors (Lipinski definition) is 4. The van der Waals surface area contributed by atoms with Crippen molar-refractivity contribution in [2.45, 2.75) is 32.8 Å². The summed E-state index contributed by atoms with van der Waals surface area (Å²) in [6.45, 7) is 6.51. The molecule has 1 heterocycles.